The first-order valence-corrected chi connectivity index (χ1v) is 11.7. The fourth-order valence-electron chi connectivity index (χ4n) is 5.86. The minimum Gasteiger partial charge on any atom is -0.363 e. The highest BCUT2D eigenvalue weighted by Crippen LogP contribution is 2.58. The Labute approximate surface area is 188 Å². The molecular formula is C27H28N4O. The van der Waals surface area contributed by atoms with Crippen molar-refractivity contribution in [3.8, 4) is 11.3 Å². The Kier molecular flexibility index (Phi) is 4.53. The highest BCUT2D eigenvalue weighted by atomic mass is 16.2. The van der Waals surface area contributed by atoms with Crippen LogP contribution >= 0.6 is 0 Å². The van der Waals surface area contributed by atoms with Crippen LogP contribution in [0.1, 0.15) is 50.0 Å². The number of carbonyl (C=O) groups is 1. The molecule has 2 N–H and O–H groups in total. The predicted octanol–water partition coefficient (Wildman–Crippen LogP) is 4.93. The molecule has 2 atom stereocenters. The normalized spacial score (nSPS) is 30.1. The summed E-state index contributed by atoms with van der Waals surface area (Å²) in [6.45, 7) is 0. The van der Waals surface area contributed by atoms with Crippen LogP contribution < -0.4 is 10.6 Å². The molecule has 162 valence electrons. The van der Waals surface area contributed by atoms with Gasteiger partial charge in [0.1, 0.15) is 5.82 Å². The third kappa shape index (κ3) is 3.46. The van der Waals surface area contributed by atoms with E-state index in [1.165, 1.54) is 5.56 Å². The molecule has 0 spiro atoms. The first kappa shape index (κ1) is 19.5. The van der Waals surface area contributed by atoms with Crippen molar-refractivity contribution in [2.24, 2.45) is 5.41 Å². The van der Waals surface area contributed by atoms with Crippen LogP contribution in [0.2, 0.25) is 0 Å². The van der Waals surface area contributed by atoms with Crippen LogP contribution in [-0.2, 0) is 4.79 Å². The van der Waals surface area contributed by atoms with Gasteiger partial charge in [-0.15, -0.1) is 10.2 Å². The van der Waals surface area contributed by atoms with Gasteiger partial charge in [0.25, 0.3) is 0 Å². The van der Waals surface area contributed by atoms with Crippen molar-refractivity contribution in [3.63, 3.8) is 0 Å². The monoisotopic (exact) mass is 424 g/mol. The number of aromatic nitrogens is 2. The molecule has 3 aliphatic rings. The Morgan fingerprint density at radius 3 is 2.25 bits per heavy atom. The van der Waals surface area contributed by atoms with Crippen molar-refractivity contribution < 1.29 is 4.79 Å². The van der Waals surface area contributed by atoms with Gasteiger partial charge in [-0.05, 0) is 56.2 Å². The van der Waals surface area contributed by atoms with E-state index >= 15 is 0 Å². The molecule has 6 rings (SSSR count). The lowest BCUT2D eigenvalue weighted by Gasteiger charge is -2.28. The van der Waals surface area contributed by atoms with Crippen molar-refractivity contribution in [2.45, 2.75) is 56.0 Å². The van der Waals surface area contributed by atoms with Crippen LogP contribution in [0.25, 0.3) is 11.3 Å². The molecule has 1 amide bonds. The average Bonchev–Trinajstić information content (AvgIpc) is 3.38. The molecule has 0 aliphatic heterocycles. The Morgan fingerprint density at radius 2 is 1.56 bits per heavy atom. The number of benzene rings is 2. The van der Waals surface area contributed by atoms with E-state index in [0.717, 1.165) is 55.6 Å². The Balaban J connectivity index is 1.10. The summed E-state index contributed by atoms with van der Waals surface area (Å²) in [5.74, 6) is 1.53. The van der Waals surface area contributed by atoms with Crippen molar-refractivity contribution in [2.75, 3.05) is 5.32 Å². The van der Waals surface area contributed by atoms with Crippen LogP contribution in [0.3, 0.4) is 0 Å². The largest absolute Gasteiger partial charge is 0.363 e. The van der Waals surface area contributed by atoms with Crippen LogP contribution in [0.5, 0.6) is 0 Å². The lowest BCUT2D eigenvalue weighted by molar-refractivity contribution is -0.130. The highest BCUT2D eigenvalue weighted by Gasteiger charge is 2.59. The average molecular weight is 425 g/mol. The lowest BCUT2D eigenvalue weighted by atomic mass is 9.83. The second-order valence-corrected chi connectivity index (χ2v) is 9.87. The van der Waals surface area contributed by atoms with Crippen molar-refractivity contribution in [1.82, 2.24) is 15.5 Å². The number of rotatable bonds is 6. The summed E-state index contributed by atoms with van der Waals surface area (Å²) >= 11 is 0. The van der Waals surface area contributed by atoms with Crippen LogP contribution in [0.4, 0.5) is 5.82 Å². The molecule has 5 heteroatoms. The number of fused-ring (bicyclic) bond motifs is 2. The van der Waals surface area contributed by atoms with E-state index in [1.54, 1.807) is 0 Å². The molecule has 32 heavy (non-hydrogen) atoms. The SMILES string of the molecule is O=C(N[C@@H]1C[C@H]1c1ccccc1)C12CCC(Nc3ccc(-c4ccccc4)nn3)(CC1)C2. The van der Waals surface area contributed by atoms with Crippen molar-refractivity contribution >= 4 is 11.7 Å². The third-order valence-corrected chi connectivity index (χ3v) is 7.78. The minimum absolute atomic E-state index is 0.0390. The maximum atomic E-state index is 13.3. The van der Waals surface area contributed by atoms with Gasteiger partial charge in [-0.1, -0.05) is 60.7 Å². The van der Waals surface area contributed by atoms with Gasteiger partial charge < -0.3 is 10.6 Å². The molecule has 3 aromatic rings. The number of nitrogens with one attached hydrogen (secondary N) is 2. The number of hydrogen-bond donors (Lipinski definition) is 2. The van der Waals surface area contributed by atoms with E-state index in [9.17, 15) is 4.79 Å². The van der Waals surface area contributed by atoms with E-state index < -0.39 is 0 Å². The summed E-state index contributed by atoms with van der Waals surface area (Å²) in [5, 5.41) is 15.9. The summed E-state index contributed by atoms with van der Waals surface area (Å²) in [7, 11) is 0. The predicted molar refractivity (Wildman–Crippen MR) is 125 cm³/mol. The van der Waals surface area contributed by atoms with Crippen molar-refractivity contribution in [1.29, 1.82) is 0 Å². The second kappa shape index (κ2) is 7.44. The summed E-state index contributed by atoms with van der Waals surface area (Å²) in [6.07, 6.45) is 5.86. The molecule has 3 aliphatic carbocycles. The molecule has 1 heterocycles. The quantitative estimate of drug-likeness (QED) is 0.589. The molecule has 2 aromatic carbocycles. The zero-order valence-corrected chi connectivity index (χ0v) is 18.1. The summed E-state index contributed by atoms with van der Waals surface area (Å²) < 4.78 is 0. The van der Waals surface area contributed by atoms with Gasteiger partial charge >= 0.3 is 0 Å². The standard InChI is InChI=1S/C27H28N4O/c32-25(28-23-17-21(23)19-7-3-1-4-8-19)26-13-15-27(18-26,16-14-26)29-24-12-11-22(30-31-24)20-9-5-2-6-10-20/h1-12,21,23H,13-18H2,(H,28,32)(H,29,31)/t21-,23+,26?,27?/m0/s1. The van der Waals surface area contributed by atoms with Gasteiger partial charge in [0.2, 0.25) is 5.91 Å². The number of nitrogens with zero attached hydrogens (tertiary/aromatic N) is 2. The molecule has 0 radical (unpaired) electrons. The smallest absolute Gasteiger partial charge is 0.226 e. The van der Waals surface area contributed by atoms with E-state index in [4.69, 9.17) is 0 Å². The van der Waals surface area contributed by atoms with Crippen molar-refractivity contribution in [3.05, 3.63) is 78.4 Å². The molecule has 3 fully saturated rings. The molecule has 5 nitrogen and oxygen atoms in total. The molecule has 0 unspecified atom stereocenters. The maximum absolute atomic E-state index is 13.3. The highest BCUT2D eigenvalue weighted by molar-refractivity contribution is 5.85. The molecular weight excluding hydrogens is 396 g/mol. The lowest BCUT2D eigenvalue weighted by Crippen LogP contribution is -2.39. The van der Waals surface area contributed by atoms with Gasteiger partial charge in [-0.3, -0.25) is 4.79 Å². The summed E-state index contributed by atoms with van der Waals surface area (Å²) in [5.41, 5.74) is 3.01. The minimum atomic E-state index is -0.228. The zero-order chi connectivity index (χ0) is 21.6. The van der Waals surface area contributed by atoms with Gasteiger partial charge in [0, 0.05) is 23.1 Å². The van der Waals surface area contributed by atoms with Crippen LogP contribution in [0.15, 0.2) is 72.8 Å². The first-order valence-electron chi connectivity index (χ1n) is 11.7. The third-order valence-electron chi connectivity index (χ3n) is 7.78. The Morgan fingerprint density at radius 1 is 0.844 bits per heavy atom. The topological polar surface area (TPSA) is 66.9 Å². The van der Waals surface area contributed by atoms with Gasteiger partial charge in [0.05, 0.1) is 11.1 Å². The number of amides is 1. The number of carbonyl (C=O) groups excluding carboxylic acids is 1. The van der Waals surface area contributed by atoms with E-state index in [0.29, 0.717) is 12.0 Å². The maximum Gasteiger partial charge on any atom is 0.226 e. The van der Waals surface area contributed by atoms with E-state index in [-0.39, 0.29) is 16.9 Å². The summed E-state index contributed by atoms with van der Waals surface area (Å²) in [6, 6.07) is 24.9. The molecule has 0 saturated heterocycles. The summed E-state index contributed by atoms with van der Waals surface area (Å²) in [4.78, 5) is 13.3. The number of anilines is 1. The Bertz CT molecular complexity index is 1110. The first-order chi connectivity index (χ1) is 15.6. The van der Waals surface area contributed by atoms with Crippen LogP contribution in [0, 0.1) is 5.41 Å². The van der Waals surface area contributed by atoms with Gasteiger partial charge in [-0.25, -0.2) is 0 Å². The van der Waals surface area contributed by atoms with E-state index in [1.807, 2.05) is 48.5 Å². The number of hydrogen-bond acceptors (Lipinski definition) is 4. The molecule has 1 aromatic heterocycles. The van der Waals surface area contributed by atoms with Gasteiger partial charge in [-0.2, -0.15) is 0 Å². The molecule has 3 saturated carbocycles. The van der Waals surface area contributed by atoms with E-state index in [2.05, 4.69) is 45.1 Å². The van der Waals surface area contributed by atoms with Gasteiger partial charge in [0.15, 0.2) is 0 Å². The second-order valence-electron chi connectivity index (χ2n) is 9.87. The van der Waals surface area contributed by atoms with Crippen LogP contribution in [-0.4, -0.2) is 27.7 Å². The Hall–Kier alpha value is -3.21. The fourth-order valence-corrected chi connectivity index (χ4v) is 5.86. The fraction of sp³-hybridized carbons (Fsp3) is 0.370. The zero-order valence-electron chi connectivity index (χ0n) is 18.1. The molecule has 2 bridgehead atoms.